The highest BCUT2D eigenvalue weighted by Gasteiger charge is 2.22. The number of rotatable bonds is 7. The minimum Gasteiger partial charge on any atom is -0.350 e. The Bertz CT molecular complexity index is 1010. The molecule has 3 aromatic rings. The van der Waals surface area contributed by atoms with Gasteiger partial charge in [-0.3, -0.25) is 9.59 Å². The molecule has 0 saturated heterocycles. The molecule has 0 bridgehead atoms. The summed E-state index contributed by atoms with van der Waals surface area (Å²) in [5, 5.41) is 5.84. The minimum absolute atomic E-state index is 0.0738. The number of hydrogen-bond acceptors (Lipinski definition) is 2. The molecule has 0 saturated carbocycles. The molecule has 0 aliphatic carbocycles. The number of nitrogens with one attached hydrogen (secondary N) is 2. The molecule has 0 aromatic heterocycles. The lowest BCUT2D eigenvalue weighted by Crippen LogP contribution is -2.47. The summed E-state index contributed by atoms with van der Waals surface area (Å²) in [6.07, 6.45) is 0.253. The second kappa shape index (κ2) is 9.98. The van der Waals surface area contributed by atoms with Gasteiger partial charge in [0.1, 0.15) is 17.7 Å². The van der Waals surface area contributed by atoms with Crippen molar-refractivity contribution in [2.45, 2.75) is 19.0 Å². The van der Waals surface area contributed by atoms with Crippen LogP contribution in [0.4, 0.5) is 8.78 Å². The van der Waals surface area contributed by atoms with E-state index >= 15 is 0 Å². The Kier molecular flexibility index (Phi) is 7.14. The van der Waals surface area contributed by atoms with E-state index in [2.05, 4.69) is 10.6 Å². The van der Waals surface area contributed by atoms with Crippen LogP contribution in [0.3, 0.4) is 0 Å². The van der Waals surface area contributed by atoms with Gasteiger partial charge in [0.05, 0.1) is 0 Å². The Morgan fingerprint density at radius 1 is 0.867 bits per heavy atom. The summed E-state index contributed by atoms with van der Waals surface area (Å²) in [5.41, 5.74) is 1.49. The summed E-state index contributed by atoms with van der Waals surface area (Å²) in [5.74, 6) is -2.35. The van der Waals surface area contributed by atoms with Crippen LogP contribution in [0.25, 0.3) is 0 Å². The van der Waals surface area contributed by atoms with Crippen LogP contribution >= 0.6 is 11.6 Å². The van der Waals surface area contributed by atoms with Crippen LogP contribution < -0.4 is 10.6 Å². The molecule has 2 N–H and O–H groups in total. The zero-order valence-corrected chi connectivity index (χ0v) is 16.6. The predicted octanol–water partition coefficient (Wildman–Crippen LogP) is 4.28. The molecule has 2 amide bonds. The molecule has 154 valence electrons. The lowest BCUT2D eigenvalue weighted by atomic mass is 10.0. The Morgan fingerprint density at radius 3 is 2.13 bits per heavy atom. The highest BCUT2D eigenvalue weighted by Crippen LogP contribution is 2.11. The van der Waals surface area contributed by atoms with Gasteiger partial charge in [0.2, 0.25) is 5.91 Å². The van der Waals surface area contributed by atoms with Crippen molar-refractivity contribution in [3.8, 4) is 0 Å². The highest BCUT2D eigenvalue weighted by molar-refractivity contribution is 6.30. The number of carbonyl (C=O) groups is 2. The van der Waals surface area contributed by atoms with Crippen LogP contribution in [0.15, 0.2) is 72.8 Å². The van der Waals surface area contributed by atoms with Crippen molar-refractivity contribution >= 4 is 23.4 Å². The average molecular weight is 429 g/mol. The van der Waals surface area contributed by atoms with Crippen LogP contribution in [0, 0.1) is 11.6 Å². The van der Waals surface area contributed by atoms with Crippen molar-refractivity contribution in [1.29, 1.82) is 0 Å². The maximum Gasteiger partial charge on any atom is 0.251 e. The van der Waals surface area contributed by atoms with Crippen LogP contribution in [-0.4, -0.2) is 17.9 Å². The molecule has 0 aliphatic rings. The molecule has 1 atom stereocenters. The molecule has 7 heteroatoms. The van der Waals surface area contributed by atoms with Gasteiger partial charge in [-0.05, 0) is 47.5 Å². The van der Waals surface area contributed by atoms with Crippen molar-refractivity contribution in [2.75, 3.05) is 0 Å². The molecule has 1 unspecified atom stereocenters. The van der Waals surface area contributed by atoms with Crippen molar-refractivity contribution in [1.82, 2.24) is 10.6 Å². The fourth-order valence-corrected chi connectivity index (χ4v) is 3.05. The zero-order valence-electron chi connectivity index (χ0n) is 15.9. The number of carbonyl (C=O) groups excluding carboxylic acids is 2. The SMILES string of the molecule is O=C(NC(Cc1ccccc1)C(=O)NCc1cc(F)cc(F)c1)c1ccc(Cl)cc1. The van der Waals surface area contributed by atoms with Gasteiger partial charge in [-0.1, -0.05) is 41.9 Å². The van der Waals surface area contributed by atoms with Gasteiger partial charge in [-0.2, -0.15) is 0 Å². The molecular formula is C23H19ClF2N2O2. The minimum atomic E-state index is -0.881. The first-order valence-corrected chi connectivity index (χ1v) is 9.61. The smallest absolute Gasteiger partial charge is 0.251 e. The Labute approximate surface area is 177 Å². The number of halogens is 3. The number of benzene rings is 3. The van der Waals surface area contributed by atoms with E-state index in [0.717, 1.165) is 23.8 Å². The van der Waals surface area contributed by atoms with Crippen LogP contribution in [0.1, 0.15) is 21.5 Å². The first-order chi connectivity index (χ1) is 14.4. The van der Waals surface area contributed by atoms with E-state index in [1.807, 2.05) is 30.3 Å². The molecule has 3 aromatic carbocycles. The Morgan fingerprint density at radius 2 is 1.50 bits per heavy atom. The van der Waals surface area contributed by atoms with Gasteiger partial charge in [0.15, 0.2) is 0 Å². The van der Waals surface area contributed by atoms with Crippen molar-refractivity contribution in [3.63, 3.8) is 0 Å². The molecule has 0 spiro atoms. The first-order valence-electron chi connectivity index (χ1n) is 9.24. The lowest BCUT2D eigenvalue weighted by Gasteiger charge is -2.19. The molecule has 30 heavy (non-hydrogen) atoms. The van der Waals surface area contributed by atoms with Crippen molar-refractivity contribution < 1.29 is 18.4 Å². The first kappa shape index (κ1) is 21.5. The summed E-state index contributed by atoms with van der Waals surface area (Å²) in [6.45, 7) is -0.0738. The second-order valence-electron chi connectivity index (χ2n) is 6.72. The van der Waals surface area contributed by atoms with Crippen molar-refractivity contribution in [3.05, 3.63) is 106 Å². The standard InChI is InChI=1S/C23H19ClF2N2O2/c24-18-8-6-17(7-9-18)22(29)28-21(12-15-4-2-1-3-5-15)23(30)27-14-16-10-19(25)13-20(26)11-16/h1-11,13,21H,12,14H2,(H,27,30)(H,28,29). The summed E-state index contributed by atoms with van der Waals surface area (Å²) >= 11 is 5.85. The third kappa shape index (κ3) is 6.12. The fourth-order valence-electron chi connectivity index (χ4n) is 2.93. The summed E-state index contributed by atoms with van der Waals surface area (Å²) in [6, 6.07) is 17.7. The zero-order chi connectivity index (χ0) is 21.5. The van der Waals surface area contributed by atoms with Gasteiger partial charge in [0.25, 0.3) is 5.91 Å². The fraction of sp³-hybridized carbons (Fsp3) is 0.130. The van der Waals surface area contributed by atoms with E-state index in [1.165, 1.54) is 0 Å². The highest BCUT2D eigenvalue weighted by atomic mass is 35.5. The van der Waals surface area contributed by atoms with E-state index < -0.39 is 29.5 Å². The molecule has 0 aliphatic heterocycles. The van der Waals surface area contributed by atoms with E-state index in [9.17, 15) is 18.4 Å². The normalized spacial score (nSPS) is 11.6. The van der Waals surface area contributed by atoms with Crippen LogP contribution in [0.5, 0.6) is 0 Å². The molecule has 0 radical (unpaired) electrons. The van der Waals surface area contributed by atoms with E-state index in [-0.39, 0.29) is 18.5 Å². The van der Waals surface area contributed by atoms with Crippen molar-refractivity contribution in [2.24, 2.45) is 0 Å². The van der Waals surface area contributed by atoms with Gasteiger partial charge in [-0.25, -0.2) is 8.78 Å². The largest absolute Gasteiger partial charge is 0.350 e. The van der Waals surface area contributed by atoms with Gasteiger partial charge >= 0.3 is 0 Å². The maximum absolute atomic E-state index is 13.4. The maximum atomic E-state index is 13.4. The Hall–Kier alpha value is -3.25. The van der Waals surface area contributed by atoms with Crippen LogP contribution in [0.2, 0.25) is 5.02 Å². The number of hydrogen-bond donors (Lipinski definition) is 2. The van der Waals surface area contributed by atoms with Gasteiger partial charge in [-0.15, -0.1) is 0 Å². The second-order valence-corrected chi connectivity index (χ2v) is 7.15. The third-order valence-corrected chi connectivity index (χ3v) is 4.65. The molecule has 0 fully saturated rings. The topological polar surface area (TPSA) is 58.2 Å². The monoisotopic (exact) mass is 428 g/mol. The van der Waals surface area contributed by atoms with Gasteiger partial charge in [0, 0.05) is 29.6 Å². The average Bonchev–Trinajstić information content (AvgIpc) is 2.72. The lowest BCUT2D eigenvalue weighted by molar-refractivity contribution is -0.123. The summed E-state index contributed by atoms with van der Waals surface area (Å²) < 4.78 is 26.7. The van der Waals surface area contributed by atoms with E-state index in [4.69, 9.17) is 11.6 Å². The molecule has 4 nitrogen and oxygen atoms in total. The molecule has 0 heterocycles. The third-order valence-electron chi connectivity index (χ3n) is 4.40. The Balaban J connectivity index is 1.73. The van der Waals surface area contributed by atoms with Crippen LogP contribution in [-0.2, 0) is 17.8 Å². The molecular weight excluding hydrogens is 410 g/mol. The molecule has 3 rings (SSSR count). The number of amides is 2. The summed E-state index contributed by atoms with van der Waals surface area (Å²) in [7, 11) is 0. The van der Waals surface area contributed by atoms with E-state index in [1.54, 1.807) is 24.3 Å². The predicted molar refractivity (Wildman–Crippen MR) is 111 cm³/mol. The summed E-state index contributed by atoms with van der Waals surface area (Å²) in [4.78, 5) is 25.4. The van der Waals surface area contributed by atoms with Gasteiger partial charge < -0.3 is 10.6 Å². The quantitative estimate of drug-likeness (QED) is 0.590. The van der Waals surface area contributed by atoms with E-state index in [0.29, 0.717) is 10.6 Å².